The molecule has 0 saturated heterocycles. The highest BCUT2D eigenvalue weighted by Gasteiger charge is 2.25. The van der Waals surface area contributed by atoms with Crippen LogP contribution >= 0.6 is 0 Å². The monoisotopic (exact) mass is 258 g/mol. The molecule has 0 fully saturated rings. The summed E-state index contributed by atoms with van der Waals surface area (Å²) in [7, 11) is 0. The minimum absolute atomic E-state index is 0.0992. The third kappa shape index (κ3) is 8.37. The minimum atomic E-state index is -0.538. The van der Waals surface area contributed by atoms with Crippen LogP contribution in [0.1, 0.15) is 73.1 Å². The van der Waals surface area contributed by atoms with Gasteiger partial charge in [0.25, 0.3) is 0 Å². The maximum absolute atomic E-state index is 11.4. The van der Waals surface area contributed by atoms with E-state index in [-0.39, 0.29) is 11.5 Å². The Balaban J connectivity index is 4.17. The van der Waals surface area contributed by atoms with Gasteiger partial charge in [-0.15, -0.1) is 0 Å². The van der Waals surface area contributed by atoms with E-state index in [2.05, 4.69) is 20.8 Å². The topological polar surface area (TPSA) is 35.5 Å². The number of carbonyl (C=O) groups excluding carboxylic acids is 1. The molecule has 108 valence electrons. The van der Waals surface area contributed by atoms with E-state index in [1.54, 1.807) is 0 Å². The maximum Gasteiger partial charge on any atom is 0.508 e. The van der Waals surface area contributed by atoms with Crippen LogP contribution in [0.5, 0.6) is 0 Å². The van der Waals surface area contributed by atoms with Crippen LogP contribution in [-0.2, 0) is 9.47 Å². The second-order valence-corrected chi connectivity index (χ2v) is 5.72. The molecule has 0 aromatic heterocycles. The summed E-state index contributed by atoms with van der Waals surface area (Å²) in [5.74, 6) is 0. The van der Waals surface area contributed by atoms with E-state index >= 15 is 0 Å². The molecule has 0 radical (unpaired) electrons. The first-order valence-electron chi connectivity index (χ1n) is 7.27. The summed E-state index contributed by atoms with van der Waals surface area (Å²) < 4.78 is 10.2. The van der Waals surface area contributed by atoms with Gasteiger partial charge in [0.2, 0.25) is 0 Å². The van der Waals surface area contributed by atoms with Crippen molar-refractivity contribution in [1.82, 2.24) is 0 Å². The summed E-state index contributed by atoms with van der Waals surface area (Å²) in [4.78, 5) is 11.4. The molecule has 0 aliphatic carbocycles. The van der Waals surface area contributed by atoms with Crippen molar-refractivity contribution >= 4 is 6.16 Å². The van der Waals surface area contributed by atoms with Gasteiger partial charge in [-0.1, -0.05) is 46.5 Å². The number of unbranched alkanes of at least 4 members (excludes halogenated alkanes) is 2. The van der Waals surface area contributed by atoms with Gasteiger partial charge in [0.15, 0.2) is 0 Å². The third-order valence-electron chi connectivity index (χ3n) is 3.14. The van der Waals surface area contributed by atoms with Crippen molar-refractivity contribution in [2.75, 3.05) is 6.61 Å². The standard InChI is InChI=1S/C15H30O3/c1-6-8-10-15(5,11-9-7-2)12-17-14(16)18-13(3)4/h13H,6-12H2,1-5H3. The summed E-state index contributed by atoms with van der Waals surface area (Å²) in [6, 6.07) is 0. The van der Waals surface area contributed by atoms with Gasteiger partial charge in [0, 0.05) is 5.41 Å². The number of hydrogen-bond acceptors (Lipinski definition) is 3. The highest BCUT2D eigenvalue weighted by atomic mass is 16.7. The first-order valence-corrected chi connectivity index (χ1v) is 7.27. The third-order valence-corrected chi connectivity index (χ3v) is 3.14. The van der Waals surface area contributed by atoms with E-state index in [9.17, 15) is 4.79 Å². The molecular weight excluding hydrogens is 228 g/mol. The smallest absolute Gasteiger partial charge is 0.434 e. The van der Waals surface area contributed by atoms with Gasteiger partial charge in [0.05, 0.1) is 6.10 Å². The van der Waals surface area contributed by atoms with Crippen LogP contribution in [0.3, 0.4) is 0 Å². The zero-order valence-electron chi connectivity index (χ0n) is 12.8. The van der Waals surface area contributed by atoms with Crippen LogP contribution in [0.15, 0.2) is 0 Å². The number of carbonyl (C=O) groups is 1. The second kappa shape index (κ2) is 9.23. The SMILES string of the molecule is CCCCC(C)(CCCC)COC(=O)OC(C)C. The van der Waals surface area contributed by atoms with Gasteiger partial charge in [-0.05, 0) is 26.7 Å². The molecule has 0 bridgehead atoms. The molecule has 0 amide bonds. The van der Waals surface area contributed by atoms with E-state index in [0.29, 0.717) is 6.61 Å². The van der Waals surface area contributed by atoms with Crippen molar-refractivity contribution in [3.63, 3.8) is 0 Å². The van der Waals surface area contributed by atoms with Gasteiger partial charge in [0.1, 0.15) is 6.61 Å². The highest BCUT2D eigenvalue weighted by molar-refractivity contribution is 5.60. The van der Waals surface area contributed by atoms with E-state index in [1.165, 1.54) is 25.7 Å². The molecule has 0 spiro atoms. The molecule has 0 unspecified atom stereocenters. The van der Waals surface area contributed by atoms with Crippen LogP contribution in [0.25, 0.3) is 0 Å². The van der Waals surface area contributed by atoms with Crippen LogP contribution in [0.2, 0.25) is 0 Å². The Bertz CT molecular complexity index is 216. The normalized spacial score (nSPS) is 11.7. The van der Waals surface area contributed by atoms with Gasteiger partial charge in [-0.25, -0.2) is 4.79 Å². The quantitative estimate of drug-likeness (QED) is 0.550. The Morgan fingerprint density at radius 3 is 2.00 bits per heavy atom. The zero-order valence-corrected chi connectivity index (χ0v) is 12.8. The Morgan fingerprint density at radius 2 is 1.61 bits per heavy atom. The van der Waals surface area contributed by atoms with Crippen molar-refractivity contribution in [2.45, 2.75) is 79.2 Å². The van der Waals surface area contributed by atoms with Gasteiger partial charge in [-0.3, -0.25) is 0 Å². The predicted molar refractivity (Wildman–Crippen MR) is 74.7 cm³/mol. The van der Waals surface area contributed by atoms with Crippen molar-refractivity contribution < 1.29 is 14.3 Å². The summed E-state index contributed by atoms with van der Waals surface area (Å²) in [5, 5.41) is 0. The molecule has 0 aliphatic rings. The van der Waals surface area contributed by atoms with E-state index < -0.39 is 6.16 Å². The minimum Gasteiger partial charge on any atom is -0.434 e. The molecule has 0 N–H and O–H groups in total. The molecule has 0 aromatic rings. The molecule has 3 heteroatoms. The molecule has 3 nitrogen and oxygen atoms in total. The van der Waals surface area contributed by atoms with Crippen molar-refractivity contribution in [3.8, 4) is 0 Å². The van der Waals surface area contributed by atoms with Crippen molar-refractivity contribution in [2.24, 2.45) is 5.41 Å². The van der Waals surface area contributed by atoms with Gasteiger partial charge in [-0.2, -0.15) is 0 Å². The lowest BCUT2D eigenvalue weighted by Crippen LogP contribution is -2.26. The molecule has 0 rings (SSSR count). The number of hydrogen-bond donors (Lipinski definition) is 0. The summed E-state index contributed by atoms with van der Waals surface area (Å²) in [6.45, 7) is 10.7. The summed E-state index contributed by atoms with van der Waals surface area (Å²) in [5.41, 5.74) is 0.0992. The van der Waals surface area contributed by atoms with Gasteiger partial charge >= 0.3 is 6.16 Å². The molecule has 0 heterocycles. The number of ether oxygens (including phenoxy) is 2. The number of rotatable bonds is 9. The first-order chi connectivity index (χ1) is 8.43. The zero-order chi connectivity index (χ0) is 14.0. The molecular formula is C15H30O3. The fourth-order valence-electron chi connectivity index (χ4n) is 1.94. The van der Waals surface area contributed by atoms with Crippen molar-refractivity contribution in [3.05, 3.63) is 0 Å². The van der Waals surface area contributed by atoms with Crippen LogP contribution in [-0.4, -0.2) is 18.9 Å². The fourth-order valence-corrected chi connectivity index (χ4v) is 1.94. The lowest BCUT2D eigenvalue weighted by molar-refractivity contribution is 0.00520. The summed E-state index contributed by atoms with van der Waals surface area (Å²) in [6.07, 6.45) is 6.29. The maximum atomic E-state index is 11.4. The molecule has 0 aromatic carbocycles. The molecule has 0 atom stereocenters. The van der Waals surface area contributed by atoms with E-state index in [0.717, 1.165) is 12.8 Å². The van der Waals surface area contributed by atoms with Gasteiger partial charge < -0.3 is 9.47 Å². The fraction of sp³-hybridized carbons (Fsp3) is 0.933. The van der Waals surface area contributed by atoms with E-state index in [1.807, 2.05) is 13.8 Å². The van der Waals surface area contributed by atoms with E-state index in [4.69, 9.17) is 9.47 Å². The largest absolute Gasteiger partial charge is 0.508 e. The van der Waals surface area contributed by atoms with Crippen LogP contribution < -0.4 is 0 Å². The first kappa shape index (κ1) is 17.3. The Labute approximate surface area is 112 Å². The average Bonchev–Trinajstić information content (AvgIpc) is 2.31. The average molecular weight is 258 g/mol. The Kier molecular flexibility index (Phi) is 8.86. The molecule has 0 aliphatic heterocycles. The molecule has 18 heavy (non-hydrogen) atoms. The summed E-state index contributed by atoms with van der Waals surface area (Å²) >= 11 is 0. The van der Waals surface area contributed by atoms with Crippen LogP contribution in [0, 0.1) is 5.41 Å². The Hall–Kier alpha value is -0.730. The predicted octanol–water partition coefficient (Wildman–Crippen LogP) is 4.93. The highest BCUT2D eigenvalue weighted by Crippen LogP contribution is 2.31. The Morgan fingerprint density at radius 1 is 1.11 bits per heavy atom. The van der Waals surface area contributed by atoms with Crippen LogP contribution in [0.4, 0.5) is 4.79 Å². The second-order valence-electron chi connectivity index (χ2n) is 5.72. The van der Waals surface area contributed by atoms with Crippen molar-refractivity contribution in [1.29, 1.82) is 0 Å². The molecule has 0 saturated carbocycles. The lowest BCUT2D eigenvalue weighted by Gasteiger charge is -2.29. The lowest BCUT2D eigenvalue weighted by atomic mass is 9.81.